The summed E-state index contributed by atoms with van der Waals surface area (Å²) in [5.41, 5.74) is 7.77. The van der Waals surface area contributed by atoms with E-state index < -0.39 is 5.91 Å². The fourth-order valence-electron chi connectivity index (χ4n) is 2.00. The van der Waals surface area contributed by atoms with Crippen LogP contribution < -0.4 is 11.1 Å². The van der Waals surface area contributed by atoms with Gasteiger partial charge in [-0.15, -0.1) is 0 Å². The third-order valence-electron chi connectivity index (χ3n) is 3.28. The van der Waals surface area contributed by atoms with Gasteiger partial charge in [0.05, 0.1) is 0 Å². The molecule has 0 aliphatic rings. The summed E-state index contributed by atoms with van der Waals surface area (Å²) >= 11 is 9.64. The van der Waals surface area contributed by atoms with Gasteiger partial charge < -0.3 is 11.1 Å². The first-order chi connectivity index (χ1) is 9.97. The second-order valence-corrected chi connectivity index (χ2v) is 6.15. The number of nitrogens with one attached hydrogen (secondary N) is 1. The number of carbonyl (C=O) groups is 1. The van der Waals surface area contributed by atoms with Gasteiger partial charge in [0.2, 0.25) is 5.91 Å². The van der Waals surface area contributed by atoms with Crippen LogP contribution in [0.4, 0.5) is 0 Å². The van der Waals surface area contributed by atoms with Crippen LogP contribution in [0.3, 0.4) is 0 Å². The number of rotatable bonds is 5. The van der Waals surface area contributed by atoms with E-state index in [4.69, 9.17) is 17.3 Å². The maximum atomic E-state index is 11.1. The van der Waals surface area contributed by atoms with Crippen LogP contribution in [0.1, 0.15) is 34.5 Å². The number of amides is 1. The van der Waals surface area contributed by atoms with Gasteiger partial charge in [-0.3, -0.25) is 4.79 Å². The Bertz CT molecular complexity index is 660. The molecule has 21 heavy (non-hydrogen) atoms. The molecule has 3 nitrogen and oxygen atoms in total. The van der Waals surface area contributed by atoms with Gasteiger partial charge in [0, 0.05) is 27.6 Å². The van der Waals surface area contributed by atoms with Crippen LogP contribution >= 0.6 is 27.5 Å². The van der Waals surface area contributed by atoms with Crippen molar-refractivity contribution in [2.75, 3.05) is 0 Å². The average Bonchev–Trinajstić information content (AvgIpc) is 2.45. The fourth-order valence-corrected chi connectivity index (χ4v) is 2.67. The summed E-state index contributed by atoms with van der Waals surface area (Å²) in [5.74, 6) is -0.473. The maximum absolute atomic E-state index is 11.1. The Morgan fingerprint density at radius 3 is 2.71 bits per heavy atom. The third-order valence-corrected chi connectivity index (χ3v) is 4.13. The van der Waals surface area contributed by atoms with Crippen LogP contribution in [0.5, 0.6) is 0 Å². The van der Waals surface area contributed by atoms with Crippen molar-refractivity contribution in [2.24, 2.45) is 5.73 Å². The number of hydrogen-bond acceptors (Lipinski definition) is 2. The molecule has 0 saturated carbocycles. The number of benzene rings is 2. The zero-order chi connectivity index (χ0) is 15.4. The lowest BCUT2D eigenvalue weighted by Gasteiger charge is -2.15. The van der Waals surface area contributed by atoms with Crippen molar-refractivity contribution >= 4 is 33.4 Å². The van der Waals surface area contributed by atoms with E-state index in [2.05, 4.69) is 40.3 Å². The Morgan fingerprint density at radius 2 is 2.10 bits per heavy atom. The summed E-state index contributed by atoms with van der Waals surface area (Å²) in [5, 5.41) is 3.95. The van der Waals surface area contributed by atoms with Gasteiger partial charge in [-0.05, 0) is 42.3 Å². The second-order valence-electron chi connectivity index (χ2n) is 4.83. The van der Waals surface area contributed by atoms with Gasteiger partial charge in [-0.2, -0.15) is 0 Å². The molecular weight excluding hydrogens is 352 g/mol. The van der Waals surface area contributed by atoms with Gasteiger partial charge in [-0.1, -0.05) is 45.7 Å². The topological polar surface area (TPSA) is 55.1 Å². The van der Waals surface area contributed by atoms with Crippen molar-refractivity contribution in [3.8, 4) is 0 Å². The molecule has 0 saturated heterocycles. The minimum absolute atomic E-state index is 0.189. The highest BCUT2D eigenvalue weighted by atomic mass is 79.9. The second kappa shape index (κ2) is 7.07. The average molecular weight is 368 g/mol. The predicted molar refractivity (Wildman–Crippen MR) is 89.4 cm³/mol. The Kier molecular flexibility index (Phi) is 5.39. The number of carbonyl (C=O) groups excluding carboxylic acids is 1. The standard InChI is InChI=1S/C16H16BrClN2O/c1-10(11-3-2-4-14(17)7-11)20-9-13-6-5-12(16(19)21)8-15(13)18/h2-8,10,20H,9H2,1H3,(H2,19,21). The van der Waals surface area contributed by atoms with Crippen molar-refractivity contribution in [1.82, 2.24) is 5.32 Å². The highest BCUT2D eigenvalue weighted by molar-refractivity contribution is 9.10. The first-order valence-electron chi connectivity index (χ1n) is 6.54. The first kappa shape index (κ1) is 16.0. The summed E-state index contributed by atoms with van der Waals surface area (Å²) < 4.78 is 1.05. The van der Waals surface area contributed by atoms with Crippen LogP contribution in [0.25, 0.3) is 0 Å². The van der Waals surface area contributed by atoms with Crippen molar-refractivity contribution in [3.63, 3.8) is 0 Å². The van der Waals surface area contributed by atoms with Gasteiger partial charge in [0.1, 0.15) is 0 Å². The summed E-state index contributed by atoms with van der Waals surface area (Å²) in [6, 6.07) is 13.5. The molecule has 1 atom stereocenters. The Morgan fingerprint density at radius 1 is 1.33 bits per heavy atom. The molecule has 110 valence electrons. The zero-order valence-corrected chi connectivity index (χ0v) is 13.9. The molecule has 0 radical (unpaired) electrons. The molecule has 0 bridgehead atoms. The molecule has 1 amide bonds. The highest BCUT2D eigenvalue weighted by Crippen LogP contribution is 2.21. The maximum Gasteiger partial charge on any atom is 0.248 e. The number of nitrogens with two attached hydrogens (primary N) is 1. The van der Waals surface area contributed by atoms with E-state index in [1.807, 2.05) is 18.2 Å². The lowest BCUT2D eigenvalue weighted by Crippen LogP contribution is -2.18. The molecule has 3 N–H and O–H groups in total. The summed E-state index contributed by atoms with van der Waals surface area (Å²) in [7, 11) is 0. The van der Waals surface area contributed by atoms with E-state index in [0.29, 0.717) is 17.1 Å². The minimum Gasteiger partial charge on any atom is -0.366 e. The summed E-state index contributed by atoms with van der Waals surface area (Å²) in [4.78, 5) is 11.1. The zero-order valence-electron chi connectivity index (χ0n) is 11.6. The SMILES string of the molecule is CC(NCc1ccc(C(N)=O)cc1Cl)c1cccc(Br)c1. The largest absolute Gasteiger partial charge is 0.366 e. The quantitative estimate of drug-likeness (QED) is 0.837. The fraction of sp³-hybridized carbons (Fsp3) is 0.188. The molecule has 2 aromatic carbocycles. The van der Waals surface area contributed by atoms with Gasteiger partial charge in [0.15, 0.2) is 0 Å². The Hall–Kier alpha value is -1.36. The van der Waals surface area contributed by atoms with Crippen molar-refractivity contribution in [2.45, 2.75) is 19.5 Å². The molecule has 0 heterocycles. The van der Waals surface area contributed by atoms with Gasteiger partial charge in [0.25, 0.3) is 0 Å². The molecule has 5 heteroatoms. The normalized spacial score (nSPS) is 12.1. The Labute approximate surface area is 137 Å². The van der Waals surface area contributed by atoms with Crippen LogP contribution in [-0.2, 0) is 6.54 Å². The van der Waals surface area contributed by atoms with Crippen molar-refractivity contribution < 1.29 is 4.79 Å². The minimum atomic E-state index is -0.473. The third kappa shape index (κ3) is 4.30. The van der Waals surface area contributed by atoms with Crippen LogP contribution in [-0.4, -0.2) is 5.91 Å². The number of primary amides is 1. The lowest BCUT2D eigenvalue weighted by molar-refractivity contribution is 0.100. The monoisotopic (exact) mass is 366 g/mol. The molecule has 0 aromatic heterocycles. The van der Waals surface area contributed by atoms with E-state index in [9.17, 15) is 4.79 Å². The van der Waals surface area contributed by atoms with Crippen LogP contribution in [0.15, 0.2) is 46.9 Å². The van der Waals surface area contributed by atoms with E-state index >= 15 is 0 Å². The lowest BCUT2D eigenvalue weighted by atomic mass is 10.1. The summed E-state index contributed by atoms with van der Waals surface area (Å²) in [6.45, 7) is 2.71. The van der Waals surface area contributed by atoms with E-state index in [-0.39, 0.29) is 6.04 Å². The van der Waals surface area contributed by atoms with E-state index in [0.717, 1.165) is 10.0 Å². The van der Waals surface area contributed by atoms with E-state index in [1.54, 1.807) is 12.1 Å². The number of halogens is 2. The number of hydrogen-bond donors (Lipinski definition) is 2. The van der Waals surface area contributed by atoms with E-state index in [1.165, 1.54) is 5.56 Å². The molecule has 0 aliphatic heterocycles. The van der Waals surface area contributed by atoms with Crippen molar-refractivity contribution in [3.05, 3.63) is 68.7 Å². The highest BCUT2D eigenvalue weighted by Gasteiger charge is 2.09. The van der Waals surface area contributed by atoms with Crippen molar-refractivity contribution in [1.29, 1.82) is 0 Å². The molecule has 0 aliphatic carbocycles. The first-order valence-corrected chi connectivity index (χ1v) is 7.71. The van der Waals surface area contributed by atoms with Crippen LogP contribution in [0.2, 0.25) is 5.02 Å². The molecule has 2 rings (SSSR count). The predicted octanol–water partition coefficient (Wildman–Crippen LogP) is 4.05. The van der Waals surface area contributed by atoms with Crippen LogP contribution in [0, 0.1) is 0 Å². The summed E-state index contributed by atoms with van der Waals surface area (Å²) in [6.07, 6.45) is 0. The Balaban J connectivity index is 2.04. The smallest absolute Gasteiger partial charge is 0.248 e. The molecule has 1 unspecified atom stereocenters. The molecular formula is C16H16BrClN2O. The molecule has 0 spiro atoms. The van der Waals surface area contributed by atoms with Gasteiger partial charge >= 0.3 is 0 Å². The molecule has 2 aromatic rings. The van der Waals surface area contributed by atoms with Gasteiger partial charge in [-0.25, -0.2) is 0 Å². The molecule has 0 fully saturated rings.